The maximum absolute atomic E-state index is 11.8. The van der Waals surface area contributed by atoms with Crippen molar-refractivity contribution < 1.29 is 9.53 Å². The summed E-state index contributed by atoms with van der Waals surface area (Å²) in [5, 5.41) is 0.959. The Morgan fingerprint density at radius 1 is 1.26 bits per heavy atom. The SMILES string of the molecule is Cc1ccc(OCCN(C)C(=O)CCCCBr)cc1. The van der Waals surface area contributed by atoms with Crippen molar-refractivity contribution in [2.75, 3.05) is 25.5 Å². The molecule has 1 aromatic rings. The third kappa shape index (κ3) is 6.62. The molecule has 0 aliphatic carbocycles. The Bertz CT molecular complexity index is 378. The van der Waals surface area contributed by atoms with Gasteiger partial charge in [-0.1, -0.05) is 33.6 Å². The molecule has 0 spiro atoms. The molecule has 1 rings (SSSR count). The summed E-state index contributed by atoms with van der Waals surface area (Å²) in [7, 11) is 1.83. The van der Waals surface area contributed by atoms with Crippen LogP contribution in [0.25, 0.3) is 0 Å². The minimum Gasteiger partial charge on any atom is -0.492 e. The Morgan fingerprint density at radius 3 is 2.58 bits per heavy atom. The van der Waals surface area contributed by atoms with E-state index in [1.54, 1.807) is 4.90 Å². The fourth-order valence-corrected chi connectivity index (χ4v) is 2.02. The lowest BCUT2D eigenvalue weighted by Gasteiger charge is -2.17. The minimum absolute atomic E-state index is 0.188. The van der Waals surface area contributed by atoms with Crippen LogP contribution in [0.4, 0.5) is 0 Å². The molecule has 0 fully saturated rings. The molecular formula is C15H22BrNO2. The van der Waals surface area contributed by atoms with Crippen molar-refractivity contribution in [1.29, 1.82) is 0 Å². The lowest BCUT2D eigenvalue weighted by atomic mass is 10.2. The lowest BCUT2D eigenvalue weighted by molar-refractivity contribution is -0.130. The quantitative estimate of drug-likeness (QED) is 0.541. The Kier molecular flexibility index (Phi) is 7.56. The number of benzene rings is 1. The van der Waals surface area contributed by atoms with Gasteiger partial charge in [0.15, 0.2) is 0 Å². The molecule has 0 aromatic heterocycles. The molecule has 0 saturated heterocycles. The number of amides is 1. The number of alkyl halides is 1. The maximum atomic E-state index is 11.8. The Balaban J connectivity index is 2.20. The van der Waals surface area contributed by atoms with E-state index in [0.717, 1.165) is 23.9 Å². The van der Waals surface area contributed by atoms with E-state index in [2.05, 4.69) is 15.9 Å². The highest BCUT2D eigenvalue weighted by Crippen LogP contribution is 2.11. The third-order valence-electron chi connectivity index (χ3n) is 2.92. The van der Waals surface area contributed by atoms with Gasteiger partial charge in [-0.2, -0.15) is 0 Å². The summed E-state index contributed by atoms with van der Waals surface area (Å²) in [5.41, 5.74) is 1.21. The number of aryl methyl sites for hydroxylation is 1. The van der Waals surface area contributed by atoms with E-state index in [-0.39, 0.29) is 5.91 Å². The van der Waals surface area contributed by atoms with Gasteiger partial charge in [0, 0.05) is 18.8 Å². The molecule has 0 atom stereocenters. The average Bonchev–Trinajstić information content (AvgIpc) is 2.41. The predicted molar refractivity (Wildman–Crippen MR) is 82.0 cm³/mol. The zero-order valence-corrected chi connectivity index (χ0v) is 13.3. The van der Waals surface area contributed by atoms with Crippen LogP contribution in [-0.4, -0.2) is 36.3 Å². The Morgan fingerprint density at radius 2 is 1.95 bits per heavy atom. The number of unbranched alkanes of at least 4 members (excludes halogenated alkanes) is 1. The highest BCUT2D eigenvalue weighted by molar-refractivity contribution is 9.09. The predicted octanol–water partition coefficient (Wildman–Crippen LogP) is 3.40. The normalized spacial score (nSPS) is 10.3. The summed E-state index contributed by atoms with van der Waals surface area (Å²) in [5.74, 6) is 1.04. The fraction of sp³-hybridized carbons (Fsp3) is 0.533. The molecule has 0 radical (unpaired) electrons. The standard InChI is InChI=1S/C15H22BrNO2/c1-13-6-8-14(9-7-13)19-12-11-17(2)15(18)5-3-4-10-16/h6-9H,3-5,10-12H2,1-2H3. The molecular weight excluding hydrogens is 306 g/mol. The molecule has 0 aliphatic rings. The number of likely N-dealkylation sites (N-methyl/N-ethyl adjacent to an activating group) is 1. The Hall–Kier alpha value is -1.03. The highest BCUT2D eigenvalue weighted by atomic mass is 79.9. The largest absolute Gasteiger partial charge is 0.492 e. The summed E-state index contributed by atoms with van der Waals surface area (Å²) in [6.07, 6.45) is 2.60. The van der Waals surface area contributed by atoms with Gasteiger partial charge in [0.2, 0.25) is 5.91 Å². The van der Waals surface area contributed by atoms with E-state index in [9.17, 15) is 4.79 Å². The molecule has 0 aliphatic heterocycles. The lowest BCUT2D eigenvalue weighted by Crippen LogP contribution is -2.30. The Labute approximate surface area is 124 Å². The summed E-state index contributed by atoms with van der Waals surface area (Å²) in [6, 6.07) is 7.94. The summed E-state index contributed by atoms with van der Waals surface area (Å²) in [4.78, 5) is 13.5. The van der Waals surface area contributed by atoms with Crippen molar-refractivity contribution >= 4 is 21.8 Å². The molecule has 1 amide bonds. The second kappa shape index (κ2) is 8.97. The summed E-state index contributed by atoms with van der Waals surface area (Å²) < 4.78 is 5.61. The second-order valence-electron chi connectivity index (χ2n) is 4.62. The highest BCUT2D eigenvalue weighted by Gasteiger charge is 2.07. The molecule has 19 heavy (non-hydrogen) atoms. The van der Waals surface area contributed by atoms with Crippen LogP contribution in [0.15, 0.2) is 24.3 Å². The van der Waals surface area contributed by atoms with Gasteiger partial charge in [0.25, 0.3) is 0 Å². The van der Waals surface area contributed by atoms with Crippen LogP contribution in [0.5, 0.6) is 5.75 Å². The number of hydrogen-bond donors (Lipinski definition) is 0. The average molecular weight is 328 g/mol. The zero-order valence-electron chi connectivity index (χ0n) is 11.7. The first kappa shape index (κ1) is 16.0. The molecule has 3 nitrogen and oxygen atoms in total. The van der Waals surface area contributed by atoms with Crippen LogP contribution >= 0.6 is 15.9 Å². The van der Waals surface area contributed by atoms with Gasteiger partial charge in [0.1, 0.15) is 12.4 Å². The van der Waals surface area contributed by atoms with Crippen molar-refractivity contribution in [2.45, 2.75) is 26.2 Å². The molecule has 0 heterocycles. The first-order valence-corrected chi connectivity index (χ1v) is 7.75. The molecule has 1 aromatic carbocycles. The second-order valence-corrected chi connectivity index (χ2v) is 5.42. The number of halogens is 1. The fourth-order valence-electron chi connectivity index (χ4n) is 1.62. The monoisotopic (exact) mass is 327 g/mol. The number of nitrogens with zero attached hydrogens (tertiary/aromatic N) is 1. The van der Waals surface area contributed by atoms with E-state index in [1.165, 1.54) is 5.56 Å². The number of hydrogen-bond acceptors (Lipinski definition) is 2. The van der Waals surface area contributed by atoms with Gasteiger partial charge in [-0.05, 0) is 31.9 Å². The third-order valence-corrected chi connectivity index (χ3v) is 3.48. The smallest absolute Gasteiger partial charge is 0.222 e. The van der Waals surface area contributed by atoms with Gasteiger partial charge in [0.05, 0.1) is 6.54 Å². The van der Waals surface area contributed by atoms with E-state index < -0.39 is 0 Å². The van der Waals surface area contributed by atoms with Crippen molar-refractivity contribution in [1.82, 2.24) is 4.90 Å². The van der Waals surface area contributed by atoms with Gasteiger partial charge in [-0.25, -0.2) is 0 Å². The van der Waals surface area contributed by atoms with Crippen LogP contribution in [0.2, 0.25) is 0 Å². The molecule has 4 heteroatoms. The molecule has 0 unspecified atom stereocenters. The van der Waals surface area contributed by atoms with Crippen LogP contribution in [0, 0.1) is 6.92 Å². The summed E-state index contributed by atoms with van der Waals surface area (Å²) >= 11 is 3.36. The van der Waals surface area contributed by atoms with E-state index in [1.807, 2.05) is 38.2 Å². The maximum Gasteiger partial charge on any atom is 0.222 e. The molecule has 0 saturated carbocycles. The summed E-state index contributed by atoms with van der Waals surface area (Å²) in [6.45, 7) is 3.20. The van der Waals surface area contributed by atoms with Gasteiger partial charge >= 0.3 is 0 Å². The number of ether oxygens (including phenoxy) is 1. The van der Waals surface area contributed by atoms with Gasteiger partial charge in [-0.15, -0.1) is 0 Å². The molecule has 0 N–H and O–H groups in total. The van der Waals surface area contributed by atoms with Crippen LogP contribution in [-0.2, 0) is 4.79 Å². The topological polar surface area (TPSA) is 29.5 Å². The van der Waals surface area contributed by atoms with Crippen molar-refractivity contribution in [3.63, 3.8) is 0 Å². The van der Waals surface area contributed by atoms with Crippen LogP contribution in [0.3, 0.4) is 0 Å². The van der Waals surface area contributed by atoms with Gasteiger partial charge in [-0.3, -0.25) is 4.79 Å². The number of carbonyl (C=O) groups is 1. The first-order chi connectivity index (χ1) is 9.13. The van der Waals surface area contributed by atoms with Crippen LogP contribution in [0.1, 0.15) is 24.8 Å². The van der Waals surface area contributed by atoms with Crippen molar-refractivity contribution in [3.05, 3.63) is 29.8 Å². The number of carbonyl (C=O) groups excluding carboxylic acids is 1. The first-order valence-electron chi connectivity index (χ1n) is 6.63. The van der Waals surface area contributed by atoms with E-state index in [0.29, 0.717) is 19.6 Å². The zero-order chi connectivity index (χ0) is 14.1. The van der Waals surface area contributed by atoms with E-state index >= 15 is 0 Å². The molecule has 106 valence electrons. The molecule has 0 bridgehead atoms. The van der Waals surface area contributed by atoms with E-state index in [4.69, 9.17) is 4.74 Å². The van der Waals surface area contributed by atoms with Crippen molar-refractivity contribution in [3.8, 4) is 5.75 Å². The minimum atomic E-state index is 0.188. The van der Waals surface area contributed by atoms with Crippen molar-refractivity contribution in [2.24, 2.45) is 0 Å². The number of rotatable bonds is 8. The van der Waals surface area contributed by atoms with Gasteiger partial charge < -0.3 is 9.64 Å². The van der Waals surface area contributed by atoms with Crippen LogP contribution < -0.4 is 4.74 Å².